The summed E-state index contributed by atoms with van der Waals surface area (Å²) in [6.07, 6.45) is 1.01. The predicted octanol–water partition coefficient (Wildman–Crippen LogP) is 2.27. The van der Waals surface area contributed by atoms with E-state index >= 15 is 0 Å². The monoisotopic (exact) mass is 360 g/mol. The van der Waals surface area contributed by atoms with Crippen LogP contribution >= 0.6 is 0 Å². The Balaban J connectivity index is 1.60. The van der Waals surface area contributed by atoms with Crippen LogP contribution in [0, 0.1) is 11.6 Å². The van der Waals surface area contributed by atoms with Gasteiger partial charge < -0.3 is 19.9 Å². The summed E-state index contributed by atoms with van der Waals surface area (Å²) in [5.41, 5.74) is -0.0322. The minimum atomic E-state index is -1.20. The number of amides is 2. The second kappa shape index (κ2) is 5.73. The van der Waals surface area contributed by atoms with E-state index in [-0.39, 0.29) is 23.9 Å². The van der Waals surface area contributed by atoms with Crippen LogP contribution in [0.25, 0.3) is 0 Å². The highest BCUT2D eigenvalue weighted by molar-refractivity contribution is 6.31. The van der Waals surface area contributed by atoms with Crippen LogP contribution < -0.4 is 19.7 Å². The summed E-state index contributed by atoms with van der Waals surface area (Å²) < 4.78 is 37.2. The number of aromatic hydroxyl groups is 1. The molecule has 2 N–H and O–H groups in total. The molecule has 0 bridgehead atoms. The van der Waals surface area contributed by atoms with Crippen molar-refractivity contribution in [3.05, 3.63) is 53.7 Å². The number of benzene rings is 2. The van der Waals surface area contributed by atoms with Crippen molar-refractivity contribution in [2.45, 2.75) is 0 Å². The van der Waals surface area contributed by atoms with E-state index in [9.17, 15) is 18.4 Å². The smallest absolute Gasteiger partial charge is 0.281 e. The van der Waals surface area contributed by atoms with E-state index in [1.807, 2.05) is 0 Å². The molecular weight excluding hydrogens is 350 g/mol. The average Bonchev–Trinajstić information content (AvgIpc) is 3.16. The van der Waals surface area contributed by atoms with Gasteiger partial charge in [-0.1, -0.05) is 0 Å². The van der Waals surface area contributed by atoms with Crippen molar-refractivity contribution >= 4 is 23.2 Å². The minimum absolute atomic E-state index is 0.0454. The molecule has 26 heavy (non-hydrogen) atoms. The highest BCUT2D eigenvalue weighted by atomic mass is 19.1. The molecule has 2 heterocycles. The van der Waals surface area contributed by atoms with Gasteiger partial charge in [-0.25, -0.2) is 13.7 Å². The van der Waals surface area contributed by atoms with Gasteiger partial charge in [0.2, 0.25) is 6.79 Å². The fourth-order valence-corrected chi connectivity index (χ4v) is 2.62. The van der Waals surface area contributed by atoms with Crippen molar-refractivity contribution in [2.24, 2.45) is 0 Å². The molecule has 2 aliphatic heterocycles. The summed E-state index contributed by atoms with van der Waals surface area (Å²) in [6.45, 7) is 0.0454. The highest BCUT2D eigenvalue weighted by Gasteiger charge is 2.33. The summed E-state index contributed by atoms with van der Waals surface area (Å²) in [4.78, 5) is 25.6. The Morgan fingerprint density at radius 3 is 2.46 bits per heavy atom. The van der Waals surface area contributed by atoms with Crippen molar-refractivity contribution in [1.82, 2.24) is 0 Å². The summed E-state index contributed by atoms with van der Waals surface area (Å²) in [5, 5.41) is 11.6. The molecule has 0 aliphatic carbocycles. The minimum Gasteiger partial charge on any atom is -0.503 e. The van der Waals surface area contributed by atoms with Gasteiger partial charge in [-0.15, -0.1) is 0 Å². The molecule has 0 saturated heterocycles. The van der Waals surface area contributed by atoms with Gasteiger partial charge >= 0.3 is 0 Å². The molecule has 2 aromatic rings. The fourth-order valence-electron chi connectivity index (χ4n) is 2.62. The van der Waals surface area contributed by atoms with Gasteiger partial charge in [0.25, 0.3) is 11.8 Å². The number of phenolic OH excluding ortho intramolecular Hbond substituents is 1. The Labute approximate surface area is 145 Å². The van der Waals surface area contributed by atoms with E-state index < -0.39 is 29.2 Å². The Hall–Kier alpha value is -3.62. The first-order chi connectivity index (χ1) is 12.4. The normalized spacial score (nSPS) is 15.5. The van der Waals surface area contributed by atoms with E-state index in [1.54, 1.807) is 6.07 Å². The lowest BCUT2D eigenvalue weighted by Crippen LogP contribution is -2.31. The Morgan fingerprint density at radius 2 is 1.73 bits per heavy atom. The van der Waals surface area contributed by atoms with E-state index in [4.69, 9.17) is 14.6 Å². The average molecular weight is 360 g/mol. The second-order valence-corrected chi connectivity index (χ2v) is 5.49. The van der Waals surface area contributed by atoms with Crippen molar-refractivity contribution in [3.63, 3.8) is 0 Å². The molecule has 9 heteroatoms. The Bertz CT molecular complexity index is 966. The van der Waals surface area contributed by atoms with E-state index in [0.717, 1.165) is 23.1 Å². The van der Waals surface area contributed by atoms with Crippen LogP contribution in [0.1, 0.15) is 0 Å². The number of rotatable bonds is 3. The largest absolute Gasteiger partial charge is 0.503 e. The third kappa shape index (κ3) is 2.50. The summed E-state index contributed by atoms with van der Waals surface area (Å²) in [5.74, 6) is -3.96. The van der Waals surface area contributed by atoms with Crippen LogP contribution in [0.4, 0.5) is 20.2 Å². The van der Waals surface area contributed by atoms with Gasteiger partial charge in [0.05, 0.1) is 5.69 Å². The second-order valence-electron chi connectivity index (χ2n) is 5.49. The molecule has 0 fully saturated rings. The van der Waals surface area contributed by atoms with Crippen LogP contribution in [0.2, 0.25) is 0 Å². The molecule has 132 valence electrons. The summed E-state index contributed by atoms with van der Waals surface area (Å²) >= 11 is 0. The van der Waals surface area contributed by atoms with Gasteiger partial charge in [-0.2, -0.15) is 0 Å². The molecule has 0 unspecified atom stereocenters. The predicted molar refractivity (Wildman–Crippen MR) is 84.8 cm³/mol. The summed E-state index contributed by atoms with van der Waals surface area (Å²) in [6, 6.07) is 6.17. The topological polar surface area (TPSA) is 88.1 Å². The number of nitrogens with zero attached hydrogens (tertiary/aromatic N) is 1. The number of anilines is 2. The van der Waals surface area contributed by atoms with Gasteiger partial charge in [-0.3, -0.25) is 9.59 Å². The van der Waals surface area contributed by atoms with Crippen molar-refractivity contribution in [3.8, 4) is 17.2 Å². The molecule has 7 nitrogen and oxygen atoms in total. The lowest BCUT2D eigenvalue weighted by molar-refractivity contribution is -0.120. The number of carbonyl (C=O) groups is 2. The van der Waals surface area contributed by atoms with Gasteiger partial charge in [0.15, 0.2) is 28.9 Å². The zero-order chi connectivity index (χ0) is 18.4. The molecule has 4 rings (SSSR count). The number of ether oxygens (including phenoxy) is 2. The van der Waals surface area contributed by atoms with E-state index in [2.05, 4.69) is 5.32 Å². The molecule has 0 atom stereocenters. The number of hydrogen-bond donors (Lipinski definition) is 2. The highest BCUT2D eigenvalue weighted by Crippen LogP contribution is 2.37. The zero-order valence-corrected chi connectivity index (χ0v) is 13.0. The standard InChI is InChI=1S/C17H10F2N2O5/c18-10-3-8(4-11(19)16(10)23)20-12-6-15(22)21(17(12)24)9-1-2-13-14(5-9)26-7-25-13/h1-6,20,23H,7H2. The zero-order valence-electron chi connectivity index (χ0n) is 13.0. The molecule has 0 radical (unpaired) electrons. The third-order valence-corrected chi connectivity index (χ3v) is 3.83. The lowest BCUT2D eigenvalue weighted by Gasteiger charge is -2.16. The fraction of sp³-hybridized carbons (Fsp3) is 0.0588. The van der Waals surface area contributed by atoms with Gasteiger partial charge in [-0.05, 0) is 12.1 Å². The number of nitrogens with one attached hydrogen (secondary N) is 1. The molecule has 2 aromatic carbocycles. The molecular formula is C17H10F2N2O5. The molecule has 2 amide bonds. The maximum Gasteiger partial charge on any atom is 0.281 e. The summed E-state index contributed by atoms with van der Waals surface area (Å²) in [7, 11) is 0. The molecule has 0 aromatic heterocycles. The number of fused-ring (bicyclic) bond motifs is 1. The van der Waals surface area contributed by atoms with Crippen molar-refractivity contribution in [1.29, 1.82) is 0 Å². The van der Waals surface area contributed by atoms with Crippen LogP contribution in [0.3, 0.4) is 0 Å². The first-order valence-electron chi connectivity index (χ1n) is 7.39. The van der Waals surface area contributed by atoms with Crippen molar-refractivity contribution in [2.75, 3.05) is 17.0 Å². The molecule has 2 aliphatic rings. The van der Waals surface area contributed by atoms with Crippen LogP contribution in [-0.4, -0.2) is 23.7 Å². The van der Waals surface area contributed by atoms with E-state index in [1.165, 1.54) is 12.1 Å². The number of phenols is 1. The SMILES string of the molecule is O=C1C=C(Nc2cc(F)c(O)c(F)c2)C(=O)N1c1ccc2c(c1)OCO2. The van der Waals surface area contributed by atoms with Crippen LogP contribution in [-0.2, 0) is 9.59 Å². The molecule has 0 saturated carbocycles. The number of imide groups is 1. The van der Waals surface area contributed by atoms with Crippen molar-refractivity contribution < 1.29 is 33.0 Å². The maximum absolute atomic E-state index is 13.4. The van der Waals surface area contributed by atoms with Crippen LogP contribution in [0.15, 0.2) is 42.1 Å². The quantitative estimate of drug-likeness (QED) is 0.645. The van der Waals surface area contributed by atoms with E-state index in [0.29, 0.717) is 11.5 Å². The van der Waals surface area contributed by atoms with Gasteiger partial charge in [0, 0.05) is 30.0 Å². The first kappa shape index (κ1) is 15.9. The van der Waals surface area contributed by atoms with Crippen LogP contribution in [0.5, 0.6) is 17.2 Å². The molecule has 0 spiro atoms. The number of hydrogen-bond acceptors (Lipinski definition) is 6. The van der Waals surface area contributed by atoms with Gasteiger partial charge in [0.1, 0.15) is 5.70 Å². The Morgan fingerprint density at radius 1 is 1.04 bits per heavy atom. The first-order valence-corrected chi connectivity index (χ1v) is 7.39. The Kier molecular flexibility index (Phi) is 3.50. The third-order valence-electron chi connectivity index (χ3n) is 3.83. The number of halogens is 2. The lowest BCUT2D eigenvalue weighted by atomic mass is 10.2. The number of carbonyl (C=O) groups excluding carboxylic acids is 2. The maximum atomic E-state index is 13.4.